The third-order valence-corrected chi connectivity index (χ3v) is 4.92. The fraction of sp³-hybridized carbons (Fsp3) is 0.238. The van der Waals surface area contributed by atoms with Crippen LogP contribution in [-0.4, -0.2) is 33.5 Å². The van der Waals surface area contributed by atoms with Gasteiger partial charge < -0.3 is 4.74 Å². The molecule has 0 saturated carbocycles. The second-order valence-electron chi connectivity index (χ2n) is 6.83. The normalized spacial score (nSPS) is 17.6. The van der Waals surface area contributed by atoms with Gasteiger partial charge in [-0.05, 0) is 36.8 Å². The molecule has 8 nitrogen and oxygen atoms in total. The van der Waals surface area contributed by atoms with Crippen molar-refractivity contribution in [2.24, 2.45) is 5.10 Å². The number of nitrogens with zero attached hydrogens (tertiary/aromatic N) is 4. The van der Waals surface area contributed by atoms with Gasteiger partial charge in [0.1, 0.15) is 17.4 Å². The number of hydrazine groups is 1. The number of ether oxygens (including phenoxy) is 1. The maximum atomic E-state index is 12.9. The van der Waals surface area contributed by atoms with Crippen molar-refractivity contribution in [3.8, 4) is 5.75 Å². The van der Waals surface area contributed by atoms with E-state index in [4.69, 9.17) is 4.74 Å². The number of amidine groups is 1. The number of carbonyl (C=O) groups is 1. The van der Waals surface area contributed by atoms with Gasteiger partial charge in [-0.1, -0.05) is 24.3 Å². The van der Waals surface area contributed by atoms with Gasteiger partial charge in [0.25, 0.3) is 5.56 Å². The summed E-state index contributed by atoms with van der Waals surface area (Å²) in [7, 11) is 1.61. The predicted molar refractivity (Wildman–Crippen MR) is 110 cm³/mol. The van der Waals surface area contributed by atoms with Gasteiger partial charge in [-0.25, -0.2) is 9.99 Å². The van der Waals surface area contributed by atoms with Gasteiger partial charge in [-0.2, -0.15) is 4.68 Å². The minimum absolute atomic E-state index is 0.142. The standard InChI is InChI=1S/C21H21N5O3/c1-13-22-18-7-5-4-6-17(18)21(28)25(13)23-20-12-19(26(24-20)14(2)27)15-8-10-16(29-3)11-9-15/h4-11,19H,12H2,1-3H3,(H,23,24). The van der Waals surface area contributed by atoms with E-state index in [-0.39, 0.29) is 17.5 Å². The van der Waals surface area contributed by atoms with E-state index >= 15 is 0 Å². The lowest BCUT2D eigenvalue weighted by Gasteiger charge is -2.22. The van der Waals surface area contributed by atoms with Crippen LogP contribution in [-0.2, 0) is 4.79 Å². The number of rotatable bonds is 3. The largest absolute Gasteiger partial charge is 0.497 e. The zero-order valence-electron chi connectivity index (χ0n) is 16.4. The molecule has 1 fully saturated rings. The van der Waals surface area contributed by atoms with Crippen LogP contribution < -0.4 is 15.7 Å². The monoisotopic (exact) mass is 391 g/mol. The maximum Gasteiger partial charge on any atom is 0.282 e. The first-order valence-electron chi connectivity index (χ1n) is 9.24. The quantitative estimate of drug-likeness (QED) is 0.741. The fourth-order valence-electron chi connectivity index (χ4n) is 3.46. The molecule has 1 N–H and O–H groups in total. The number of aromatic nitrogens is 2. The van der Waals surface area contributed by atoms with Crippen molar-refractivity contribution in [3.63, 3.8) is 0 Å². The smallest absolute Gasteiger partial charge is 0.282 e. The molecule has 1 aliphatic heterocycles. The van der Waals surface area contributed by atoms with Crippen LogP contribution in [0.4, 0.5) is 0 Å². The van der Waals surface area contributed by atoms with Crippen LogP contribution >= 0.6 is 0 Å². The predicted octanol–water partition coefficient (Wildman–Crippen LogP) is 2.37. The molecular weight excluding hydrogens is 370 g/mol. The Labute approximate surface area is 167 Å². The van der Waals surface area contributed by atoms with Crippen LogP contribution in [0.5, 0.6) is 5.75 Å². The number of hydrogen-bond acceptors (Lipinski definition) is 5. The number of benzene rings is 2. The third kappa shape index (κ3) is 3.44. The number of carbonyl (C=O) groups excluding carboxylic acids is 1. The number of fused-ring (bicyclic) bond motifs is 1. The molecule has 3 aromatic rings. The molecule has 0 spiro atoms. The molecule has 4 rings (SSSR count). The highest BCUT2D eigenvalue weighted by Gasteiger charge is 2.32. The summed E-state index contributed by atoms with van der Waals surface area (Å²) in [6, 6.07) is 14.5. The van der Waals surface area contributed by atoms with Crippen LogP contribution in [0.3, 0.4) is 0 Å². The Morgan fingerprint density at radius 3 is 2.62 bits per heavy atom. The lowest BCUT2D eigenvalue weighted by Crippen LogP contribution is -2.39. The molecule has 2 heterocycles. The fourth-order valence-corrected chi connectivity index (χ4v) is 3.46. The third-order valence-electron chi connectivity index (χ3n) is 4.92. The molecule has 1 unspecified atom stereocenters. The summed E-state index contributed by atoms with van der Waals surface area (Å²) in [4.78, 5) is 29.5. The lowest BCUT2D eigenvalue weighted by molar-refractivity contribution is -0.132. The molecular formula is C21H21N5O3. The summed E-state index contributed by atoms with van der Waals surface area (Å²) in [5.41, 5.74) is 4.36. The van der Waals surface area contributed by atoms with E-state index in [0.29, 0.717) is 29.0 Å². The van der Waals surface area contributed by atoms with E-state index in [0.717, 1.165) is 11.3 Å². The van der Waals surface area contributed by atoms with Crippen molar-refractivity contribution >= 4 is 22.6 Å². The first-order valence-corrected chi connectivity index (χ1v) is 9.24. The van der Waals surface area contributed by atoms with Crippen LogP contribution in [0.2, 0.25) is 0 Å². The lowest BCUT2D eigenvalue weighted by atomic mass is 10.0. The topological polar surface area (TPSA) is 88.8 Å². The van der Waals surface area contributed by atoms with Gasteiger partial charge in [-0.15, -0.1) is 5.10 Å². The summed E-state index contributed by atoms with van der Waals surface area (Å²) < 4.78 is 6.48. The van der Waals surface area contributed by atoms with Gasteiger partial charge in [0.05, 0.1) is 24.1 Å². The van der Waals surface area contributed by atoms with Crippen LogP contribution in [0, 0.1) is 6.92 Å². The van der Waals surface area contributed by atoms with E-state index in [1.807, 2.05) is 30.3 Å². The van der Waals surface area contributed by atoms with Gasteiger partial charge >= 0.3 is 0 Å². The number of methoxy groups -OCH3 is 1. The molecule has 0 aliphatic carbocycles. The average molecular weight is 391 g/mol. The van der Waals surface area contributed by atoms with Crippen molar-refractivity contribution in [2.75, 3.05) is 7.11 Å². The van der Waals surface area contributed by atoms with Gasteiger partial charge in [0.2, 0.25) is 5.91 Å². The second kappa shape index (κ2) is 7.38. The van der Waals surface area contributed by atoms with Crippen molar-refractivity contribution in [3.05, 3.63) is 70.3 Å². The second-order valence-corrected chi connectivity index (χ2v) is 6.83. The summed E-state index contributed by atoms with van der Waals surface area (Å²) in [6.07, 6.45) is 0.449. The Morgan fingerprint density at radius 2 is 1.93 bits per heavy atom. The summed E-state index contributed by atoms with van der Waals surface area (Å²) in [6.45, 7) is 3.22. The Hall–Kier alpha value is -3.68. The average Bonchev–Trinajstić information content (AvgIpc) is 3.15. The summed E-state index contributed by atoms with van der Waals surface area (Å²) in [5, 5.41) is 6.50. The molecule has 29 heavy (non-hydrogen) atoms. The molecule has 8 heteroatoms. The molecule has 0 radical (unpaired) electrons. The molecule has 148 valence electrons. The van der Waals surface area contributed by atoms with Crippen molar-refractivity contribution < 1.29 is 9.53 Å². The molecule has 1 atom stereocenters. The zero-order chi connectivity index (χ0) is 20.5. The first-order chi connectivity index (χ1) is 14.0. The van der Waals surface area contributed by atoms with Crippen LogP contribution in [0.1, 0.15) is 30.8 Å². The zero-order valence-corrected chi connectivity index (χ0v) is 16.4. The minimum atomic E-state index is -0.246. The van der Waals surface area contributed by atoms with Gasteiger partial charge in [-0.3, -0.25) is 15.0 Å². The van der Waals surface area contributed by atoms with Crippen LogP contribution in [0.15, 0.2) is 58.4 Å². The van der Waals surface area contributed by atoms with E-state index in [1.54, 1.807) is 32.2 Å². The van der Waals surface area contributed by atoms with Crippen molar-refractivity contribution in [1.29, 1.82) is 0 Å². The minimum Gasteiger partial charge on any atom is -0.497 e. The maximum absolute atomic E-state index is 12.9. The molecule has 1 aliphatic rings. The Bertz CT molecular complexity index is 1170. The highest BCUT2D eigenvalue weighted by Crippen LogP contribution is 2.29. The molecule has 1 amide bonds. The molecule has 0 bridgehead atoms. The Balaban J connectivity index is 1.72. The molecule has 1 saturated heterocycles. The molecule has 2 aromatic carbocycles. The Morgan fingerprint density at radius 1 is 1.21 bits per heavy atom. The SMILES string of the molecule is COc1ccc(C2CC(=Nn3c(C)nc4ccccc4c3=O)NN2C(C)=O)cc1. The van der Waals surface area contributed by atoms with Crippen molar-refractivity contribution in [1.82, 2.24) is 20.1 Å². The number of nitrogens with one attached hydrogen (secondary N) is 1. The van der Waals surface area contributed by atoms with Crippen molar-refractivity contribution in [2.45, 2.75) is 26.3 Å². The first kappa shape index (κ1) is 18.7. The van der Waals surface area contributed by atoms with Gasteiger partial charge in [0.15, 0.2) is 0 Å². The molecule has 1 aromatic heterocycles. The number of amides is 1. The van der Waals surface area contributed by atoms with Gasteiger partial charge in [0, 0.05) is 13.3 Å². The van der Waals surface area contributed by atoms with E-state index in [9.17, 15) is 9.59 Å². The van der Waals surface area contributed by atoms with Crippen LogP contribution in [0.25, 0.3) is 10.9 Å². The van der Waals surface area contributed by atoms with E-state index < -0.39 is 0 Å². The van der Waals surface area contributed by atoms with E-state index in [1.165, 1.54) is 16.6 Å². The van der Waals surface area contributed by atoms with E-state index in [2.05, 4.69) is 15.5 Å². The Kier molecular flexibility index (Phi) is 4.75. The number of aryl methyl sites for hydroxylation is 1. The summed E-state index contributed by atoms with van der Waals surface area (Å²) in [5.74, 6) is 1.60. The summed E-state index contributed by atoms with van der Waals surface area (Å²) >= 11 is 0. The number of para-hydroxylation sites is 1. The highest BCUT2D eigenvalue weighted by atomic mass is 16.5. The highest BCUT2D eigenvalue weighted by molar-refractivity contribution is 5.89. The number of hydrogen-bond donors (Lipinski definition) is 1.